The fourth-order valence-corrected chi connectivity index (χ4v) is 5.88. The lowest BCUT2D eigenvalue weighted by Crippen LogP contribution is -2.44. The maximum atomic E-state index is 10.4. The topological polar surface area (TPSA) is 106 Å². The molecule has 36 heavy (non-hydrogen) atoms. The van der Waals surface area contributed by atoms with E-state index >= 15 is 0 Å². The number of aromatic nitrogens is 4. The highest BCUT2D eigenvalue weighted by Gasteiger charge is 2.25. The Morgan fingerprint density at radius 2 is 2.14 bits per heavy atom. The van der Waals surface area contributed by atoms with Crippen LogP contribution in [0.15, 0.2) is 47.7 Å². The molecule has 1 saturated heterocycles. The number of nitrogens with one attached hydrogen (secondary N) is 1. The van der Waals surface area contributed by atoms with Crippen LogP contribution in [-0.2, 0) is 11.3 Å². The van der Waals surface area contributed by atoms with Crippen LogP contribution in [0.4, 0.5) is 5.82 Å². The largest absolute Gasteiger partial charge is 0.378 e. The van der Waals surface area contributed by atoms with Crippen molar-refractivity contribution in [1.82, 2.24) is 30.1 Å². The lowest BCUT2D eigenvalue weighted by Gasteiger charge is -2.33. The number of nitrogens with zero attached hydrogens (tertiary/aromatic N) is 7. The molecule has 2 N–H and O–H groups in total. The van der Waals surface area contributed by atoms with Crippen LogP contribution >= 0.6 is 11.3 Å². The van der Waals surface area contributed by atoms with E-state index in [4.69, 9.17) is 14.7 Å². The van der Waals surface area contributed by atoms with E-state index in [2.05, 4.69) is 38.0 Å². The summed E-state index contributed by atoms with van der Waals surface area (Å²) < 4.78 is 6.68. The van der Waals surface area contributed by atoms with Gasteiger partial charge in [-0.05, 0) is 24.6 Å². The van der Waals surface area contributed by atoms with Gasteiger partial charge in [0, 0.05) is 54.4 Å². The van der Waals surface area contributed by atoms with E-state index in [9.17, 15) is 5.21 Å². The van der Waals surface area contributed by atoms with E-state index in [0.717, 1.165) is 68.5 Å². The smallest absolute Gasteiger partial charge is 0.201 e. The number of H-pyrrole nitrogens is 1. The fraction of sp³-hybridized carbons (Fsp3) is 0.360. The van der Waals surface area contributed by atoms with Crippen LogP contribution < -0.4 is 4.90 Å². The summed E-state index contributed by atoms with van der Waals surface area (Å²) in [5.41, 5.74) is 2.84. The van der Waals surface area contributed by atoms with E-state index < -0.39 is 6.29 Å². The highest BCUT2D eigenvalue weighted by Crippen LogP contribution is 2.36. The van der Waals surface area contributed by atoms with Crippen molar-refractivity contribution in [2.75, 3.05) is 37.7 Å². The number of ether oxygens (including phenoxy) is 1. The molecule has 2 aliphatic rings. The molecular formula is C25H28N8O2S. The van der Waals surface area contributed by atoms with Gasteiger partial charge in [-0.3, -0.25) is 20.2 Å². The van der Waals surface area contributed by atoms with Gasteiger partial charge in [-0.25, -0.2) is 15.0 Å². The number of allylic oxidation sites excluding steroid dienone is 1. The number of anilines is 1. The Bertz CT molecular complexity index is 1420. The van der Waals surface area contributed by atoms with Crippen LogP contribution in [0.25, 0.3) is 32.5 Å². The molecular weight excluding hydrogens is 476 g/mol. The Morgan fingerprint density at radius 1 is 1.25 bits per heavy atom. The van der Waals surface area contributed by atoms with Crippen molar-refractivity contribution in [1.29, 1.82) is 0 Å². The number of hydrogen-bond donors (Lipinski definition) is 2. The van der Waals surface area contributed by atoms with Gasteiger partial charge in [-0.15, -0.1) is 11.3 Å². The van der Waals surface area contributed by atoms with Gasteiger partial charge < -0.3 is 9.64 Å². The van der Waals surface area contributed by atoms with E-state index in [1.807, 2.05) is 24.4 Å². The number of benzene rings is 1. The Balaban J connectivity index is 1.42. The molecule has 0 bridgehead atoms. The Morgan fingerprint density at radius 3 is 2.97 bits per heavy atom. The first-order valence-electron chi connectivity index (χ1n) is 12.2. The fourth-order valence-electron chi connectivity index (χ4n) is 4.74. The van der Waals surface area contributed by atoms with Crippen molar-refractivity contribution in [2.24, 2.45) is 4.99 Å². The summed E-state index contributed by atoms with van der Waals surface area (Å²) in [6, 6.07) is 8.20. The molecule has 0 spiro atoms. The summed E-state index contributed by atoms with van der Waals surface area (Å²) in [6.07, 6.45) is 7.43. The minimum absolute atomic E-state index is 0.445. The highest BCUT2D eigenvalue weighted by atomic mass is 32.1. The molecule has 2 aliphatic heterocycles. The molecule has 4 aromatic rings. The third-order valence-electron chi connectivity index (χ3n) is 6.42. The number of morpholine rings is 1. The maximum Gasteiger partial charge on any atom is 0.201 e. The summed E-state index contributed by atoms with van der Waals surface area (Å²) in [5, 5.41) is 19.8. The van der Waals surface area contributed by atoms with Gasteiger partial charge in [0.05, 0.1) is 35.1 Å². The zero-order valence-electron chi connectivity index (χ0n) is 20.0. The summed E-state index contributed by atoms with van der Waals surface area (Å²) in [4.78, 5) is 20.2. The van der Waals surface area contributed by atoms with Gasteiger partial charge in [0.15, 0.2) is 11.6 Å². The zero-order valence-corrected chi connectivity index (χ0v) is 20.9. The van der Waals surface area contributed by atoms with Gasteiger partial charge in [-0.1, -0.05) is 19.1 Å². The first kappa shape index (κ1) is 23.0. The highest BCUT2D eigenvalue weighted by molar-refractivity contribution is 7.19. The first-order chi connectivity index (χ1) is 17.7. The third-order valence-corrected chi connectivity index (χ3v) is 7.52. The molecule has 0 saturated carbocycles. The van der Waals surface area contributed by atoms with Gasteiger partial charge in [0.1, 0.15) is 0 Å². The number of fused-ring (bicyclic) bond motifs is 2. The van der Waals surface area contributed by atoms with Crippen LogP contribution in [0, 0.1) is 0 Å². The van der Waals surface area contributed by atoms with Gasteiger partial charge in [0.2, 0.25) is 6.29 Å². The molecule has 3 aromatic heterocycles. The minimum Gasteiger partial charge on any atom is -0.378 e. The quantitative estimate of drug-likeness (QED) is 0.391. The first-order valence-corrected chi connectivity index (χ1v) is 13.0. The summed E-state index contributed by atoms with van der Waals surface area (Å²) in [7, 11) is 0. The van der Waals surface area contributed by atoms with Crippen molar-refractivity contribution in [3.8, 4) is 11.4 Å². The van der Waals surface area contributed by atoms with Crippen LogP contribution in [0.5, 0.6) is 0 Å². The number of aromatic amines is 1. The van der Waals surface area contributed by atoms with Crippen LogP contribution in [0.2, 0.25) is 0 Å². The van der Waals surface area contributed by atoms with Gasteiger partial charge >= 0.3 is 0 Å². The van der Waals surface area contributed by atoms with Crippen molar-refractivity contribution in [3.05, 3.63) is 47.6 Å². The molecule has 0 aliphatic carbocycles. The summed E-state index contributed by atoms with van der Waals surface area (Å²) in [5.74, 6) is 1.63. The lowest BCUT2D eigenvalue weighted by molar-refractivity contribution is -0.132. The van der Waals surface area contributed by atoms with Crippen molar-refractivity contribution in [2.45, 2.75) is 26.2 Å². The molecule has 5 heterocycles. The third kappa shape index (κ3) is 4.35. The number of aliphatic imine (C=N–C) groups is 1. The molecule has 0 amide bonds. The molecule has 6 rings (SSSR count). The van der Waals surface area contributed by atoms with Gasteiger partial charge in [0.25, 0.3) is 0 Å². The molecule has 10 nitrogen and oxygen atoms in total. The number of rotatable bonds is 7. The maximum absolute atomic E-state index is 10.4. The second kappa shape index (κ2) is 9.94. The zero-order chi connectivity index (χ0) is 24.5. The molecule has 0 radical (unpaired) electrons. The average molecular weight is 505 g/mol. The second-order valence-electron chi connectivity index (χ2n) is 8.87. The lowest BCUT2D eigenvalue weighted by atomic mass is 10.1. The van der Waals surface area contributed by atoms with E-state index in [1.165, 1.54) is 0 Å². The molecule has 1 aromatic carbocycles. The molecule has 1 atom stereocenters. The average Bonchev–Trinajstić information content (AvgIpc) is 3.55. The monoisotopic (exact) mass is 504 g/mol. The standard InChI is InChI=1S/C25H28N8O2S/c1-2-8-32(25-26-7-4-9-33(25)34)16-17-14-21-22(36-17)24(31-10-12-35-13-11-31)29-23(28-21)18-5-3-6-20-19(18)15-27-30-20/h3-7,9,14-15,25,34H,2,8,10-13,16H2,1H3,(H,27,30). The predicted octanol–water partition coefficient (Wildman–Crippen LogP) is 3.86. The number of thiophene rings is 1. The SMILES string of the molecule is CCCN(Cc1cc2nc(-c3cccc4[nH]ncc34)nc(N3CCOCC3)c2s1)C1N=CC=CN1O. The Labute approximate surface area is 212 Å². The van der Waals surface area contributed by atoms with E-state index in [1.54, 1.807) is 29.8 Å². The van der Waals surface area contributed by atoms with E-state index in [0.29, 0.717) is 25.6 Å². The minimum atomic E-state index is -0.445. The Kier molecular flexibility index (Phi) is 6.36. The molecule has 11 heteroatoms. The normalized spacial score (nSPS) is 18.2. The number of hydrogen-bond acceptors (Lipinski definition) is 10. The van der Waals surface area contributed by atoms with Crippen LogP contribution in [0.1, 0.15) is 18.2 Å². The number of hydroxylamine groups is 2. The predicted molar refractivity (Wildman–Crippen MR) is 141 cm³/mol. The van der Waals surface area contributed by atoms with Crippen molar-refractivity contribution >= 4 is 44.5 Å². The van der Waals surface area contributed by atoms with Crippen LogP contribution in [0.3, 0.4) is 0 Å². The molecule has 1 fully saturated rings. The van der Waals surface area contributed by atoms with E-state index in [-0.39, 0.29) is 0 Å². The Hall–Kier alpha value is -3.38. The van der Waals surface area contributed by atoms with Gasteiger partial charge in [-0.2, -0.15) is 5.10 Å². The molecule has 1 unspecified atom stereocenters. The molecule has 186 valence electrons. The summed E-state index contributed by atoms with van der Waals surface area (Å²) in [6.45, 7) is 6.53. The summed E-state index contributed by atoms with van der Waals surface area (Å²) >= 11 is 1.71. The second-order valence-corrected chi connectivity index (χ2v) is 10.0. The van der Waals surface area contributed by atoms with Crippen molar-refractivity contribution in [3.63, 3.8) is 0 Å². The van der Waals surface area contributed by atoms with Crippen molar-refractivity contribution < 1.29 is 9.94 Å². The van der Waals surface area contributed by atoms with Crippen LogP contribution in [-0.4, -0.2) is 80.7 Å².